The van der Waals surface area contributed by atoms with Crippen LogP contribution < -0.4 is 15.4 Å². The number of hydrogen-bond donors (Lipinski definition) is 3. The summed E-state index contributed by atoms with van der Waals surface area (Å²) in [6.07, 6.45) is 5.29. The van der Waals surface area contributed by atoms with E-state index >= 15 is 0 Å². The number of anilines is 1. The number of nitrogens with one attached hydrogen (secondary N) is 2. The van der Waals surface area contributed by atoms with Gasteiger partial charge in [-0.3, -0.25) is 4.79 Å². The van der Waals surface area contributed by atoms with Crippen molar-refractivity contribution >= 4 is 22.8 Å². The molecule has 4 aromatic rings. The SMILES string of the molecule is COCCNc1ncnc2c1c(-c1ccc(CNC(=O)c3ccccc3OC)cc1)nn2C1C=CC(O)C1. The molecule has 2 aromatic heterocycles. The maximum atomic E-state index is 12.7. The second-order valence-electron chi connectivity index (χ2n) is 8.97. The highest BCUT2D eigenvalue weighted by Crippen LogP contribution is 2.35. The Bertz CT molecular complexity index is 1450. The van der Waals surface area contributed by atoms with Gasteiger partial charge in [-0.1, -0.05) is 48.6 Å². The van der Waals surface area contributed by atoms with Gasteiger partial charge in [-0.25, -0.2) is 14.6 Å². The van der Waals surface area contributed by atoms with Crippen molar-refractivity contribution in [3.63, 3.8) is 0 Å². The largest absolute Gasteiger partial charge is 0.496 e. The Morgan fingerprint density at radius 2 is 1.92 bits per heavy atom. The summed E-state index contributed by atoms with van der Waals surface area (Å²) >= 11 is 0. The number of fused-ring (bicyclic) bond motifs is 1. The Balaban J connectivity index is 1.42. The quantitative estimate of drug-likeness (QED) is 0.218. The number of hydrogen-bond acceptors (Lipinski definition) is 8. The fourth-order valence-corrected chi connectivity index (χ4v) is 4.54. The van der Waals surface area contributed by atoms with Crippen LogP contribution in [0.5, 0.6) is 5.75 Å². The van der Waals surface area contributed by atoms with Gasteiger partial charge < -0.3 is 25.2 Å². The first kappa shape index (κ1) is 25.4. The molecule has 38 heavy (non-hydrogen) atoms. The van der Waals surface area contributed by atoms with Crippen LogP contribution in [0.25, 0.3) is 22.3 Å². The Morgan fingerprint density at radius 3 is 2.66 bits per heavy atom. The van der Waals surface area contributed by atoms with E-state index in [2.05, 4.69) is 20.6 Å². The van der Waals surface area contributed by atoms with Crippen LogP contribution in [0, 0.1) is 0 Å². The number of aliphatic hydroxyl groups excluding tert-OH is 1. The van der Waals surface area contributed by atoms with Crippen molar-refractivity contribution in [1.82, 2.24) is 25.1 Å². The third kappa shape index (κ3) is 5.22. The van der Waals surface area contributed by atoms with Gasteiger partial charge in [0.1, 0.15) is 23.6 Å². The molecule has 0 fully saturated rings. The standard InChI is InChI=1S/C28H30N6O4/c1-37-14-13-29-26-24-25(33-34(27(24)32-17-31-26)20-11-12-21(35)15-20)19-9-7-18(8-10-19)16-30-28(36)22-5-3-4-6-23(22)38-2/h3-12,17,20-21,35H,13-16H2,1-2H3,(H,30,36)(H,29,31,32). The maximum absolute atomic E-state index is 12.7. The van der Waals surface area contributed by atoms with Crippen molar-refractivity contribution < 1.29 is 19.4 Å². The zero-order chi connectivity index (χ0) is 26.5. The van der Waals surface area contributed by atoms with E-state index in [9.17, 15) is 9.90 Å². The summed E-state index contributed by atoms with van der Waals surface area (Å²) in [5.74, 6) is 1.00. The molecule has 5 rings (SSSR count). The molecule has 0 saturated heterocycles. The first-order valence-electron chi connectivity index (χ1n) is 12.4. The van der Waals surface area contributed by atoms with E-state index in [4.69, 9.17) is 14.6 Å². The lowest BCUT2D eigenvalue weighted by Gasteiger charge is -2.10. The molecule has 2 atom stereocenters. The number of aliphatic hydroxyl groups is 1. The summed E-state index contributed by atoms with van der Waals surface area (Å²) in [7, 11) is 3.20. The average molecular weight is 515 g/mol. The molecular weight excluding hydrogens is 484 g/mol. The number of aromatic nitrogens is 4. The predicted molar refractivity (Wildman–Crippen MR) is 144 cm³/mol. The Morgan fingerprint density at radius 1 is 1.11 bits per heavy atom. The Labute approximate surface area is 220 Å². The van der Waals surface area contributed by atoms with Gasteiger partial charge in [0.2, 0.25) is 0 Å². The van der Waals surface area contributed by atoms with E-state index < -0.39 is 6.10 Å². The molecule has 2 aromatic carbocycles. The van der Waals surface area contributed by atoms with E-state index in [1.807, 2.05) is 41.1 Å². The number of ether oxygens (including phenoxy) is 2. The second kappa shape index (κ2) is 11.4. The molecule has 10 nitrogen and oxygen atoms in total. The lowest BCUT2D eigenvalue weighted by atomic mass is 10.1. The lowest BCUT2D eigenvalue weighted by molar-refractivity contribution is 0.0948. The van der Waals surface area contributed by atoms with Gasteiger partial charge in [0, 0.05) is 32.2 Å². The molecule has 0 radical (unpaired) electrons. The van der Waals surface area contributed by atoms with Crippen molar-refractivity contribution in [2.24, 2.45) is 0 Å². The number of rotatable bonds is 10. The molecule has 1 aliphatic carbocycles. The summed E-state index contributed by atoms with van der Waals surface area (Å²) in [4.78, 5) is 21.7. The monoisotopic (exact) mass is 514 g/mol. The molecule has 10 heteroatoms. The van der Waals surface area contributed by atoms with Crippen molar-refractivity contribution in [2.45, 2.75) is 25.1 Å². The van der Waals surface area contributed by atoms with Gasteiger partial charge in [0.15, 0.2) is 5.65 Å². The lowest BCUT2D eigenvalue weighted by Crippen LogP contribution is -2.23. The number of carbonyl (C=O) groups excluding carboxylic acids is 1. The number of nitrogens with zero attached hydrogens (tertiary/aromatic N) is 4. The van der Waals surface area contributed by atoms with Gasteiger partial charge in [-0.05, 0) is 17.7 Å². The van der Waals surface area contributed by atoms with E-state index in [1.165, 1.54) is 6.33 Å². The smallest absolute Gasteiger partial charge is 0.255 e. The molecule has 2 heterocycles. The summed E-state index contributed by atoms with van der Waals surface area (Å²) in [5, 5.41) is 22.1. The number of para-hydroxylation sites is 1. The van der Waals surface area contributed by atoms with Gasteiger partial charge in [-0.2, -0.15) is 5.10 Å². The first-order valence-corrected chi connectivity index (χ1v) is 12.4. The number of amides is 1. The van der Waals surface area contributed by atoms with E-state index in [0.717, 1.165) is 22.2 Å². The number of benzene rings is 2. The van der Waals surface area contributed by atoms with Gasteiger partial charge in [-0.15, -0.1) is 0 Å². The molecule has 0 spiro atoms. The predicted octanol–water partition coefficient (Wildman–Crippen LogP) is 3.35. The van der Waals surface area contributed by atoms with Gasteiger partial charge in [0.05, 0.1) is 36.8 Å². The third-order valence-corrected chi connectivity index (χ3v) is 6.47. The third-order valence-electron chi connectivity index (χ3n) is 6.47. The fraction of sp³-hybridized carbons (Fsp3) is 0.286. The number of allylic oxidation sites excluding steroid dienone is 1. The molecule has 0 bridgehead atoms. The minimum absolute atomic E-state index is 0.104. The topological polar surface area (TPSA) is 123 Å². The number of carbonyl (C=O) groups is 1. The summed E-state index contributed by atoms with van der Waals surface area (Å²) in [6, 6.07) is 14.9. The highest BCUT2D eigenvalue weighted by atomic mass is 16.5. The maximum Gasteiger partial charge on any atom is 0.255 e. The number of methoxy groups -OCH3 is 2. The van der Waals surface area contributed by atoms with Gasteiger partial charge >= 0.3 is 0 Å². The van der Waals surface area contributed by atoms with Crippen LogP contribution >= 0.6 is 0 Å². The summed E-state index contributed by atoms with van der Waals surface area (Å²) in [5.41, 5.74) is 3.74. The minimum atomic E-state index is -0.505. The Hall–Kier alpha value is -4.28. The van der Waals surface area contributed by atoms with Crippen molar-refractivity contribution in [1.29, 1.82) is 0 Å². The Kier molecular flexibility index (Phi) is 7.62. The highest BCUT2D eigenvalue weighted by Gasteiger charge is 2.25. The van der Waals surface area contributed by atoms with E-state index in [-0.39, 0.29) is 11.9 Å². The van der Waals surface area contributed by atoms with E-state index in [0.29, 0.717) is 48.9 Å². The summed E-state index contributed by atoms with van der Waals surface area (Å²) < 4.78 is 12.3. The molecule has 0 saturated carbocycles. The van der Waals surface area contributed by atoms with Crippen LogP contribution in [0.15, 0.2) is 67.0 Å². The molecule has 2 unspecified atom stereocenters. The molecule has 1 aliphatic rings. The zero-order valence-electron chi connectivity index (χ0n) is 21.3. The second-order valence-corrected chi connectivity index (χ2v) is 8.97. The van der Waals surface area contributed by atoms with Crippen molar-refractivity contribution in [3.8, 4) is 17.0 Å². The van der Waals surface area contributed by atoms with Gasteiger partial charge in [0.25, 0.3) is 5.91 Å². The highest BCUT2D eigenvalue weighted by molar-refractivity contribution is 5.99. The van der Waals surface area contributed by atoms with Crippen LogP contribution in [-0.2, 0) is 11.3 Å². The minimum Gasteiger partial charge on any atom is -0.496 e. The average Bonchev–Trinajstić information content (AvgIpc) is 3.56. The molecular formula is C28H30N6O4. The van der Waals surface area contributed by atoms with Crippen LogP contribution in [0.2, 0.25) is 0 Å². The zero-order valence-corrected chi connectivity index (χ0v) is 21.3. The van der Waals surface area contributed by atoms with Crippen LogP contribution in [0.3, 0.4) is 0 Å². The molecule has 196 valence electrons. The molecule has 1 amide bonds. The fourth-order valence-electron chi connectivity index (χ4n) is 4.54. The van der Waals surface area contributed by atoms with E-state index in [1.54, 1.807) is 38.5 Å². The van der Waals surface area contributed by atoms with Crippen molar-refractivity contribution in [3.05, 3.63) is 78.1 Å². The van der Waals surface area contributed by atoms with Crippen LogP contribution in [0.1, 0.15) is 28.4 Å². The summed E-state index contributed by atoms with van der Waals surface area (Å²) in [6.45, 7) is 1.48. The molecule has 3 N–H and O–H groups in total. The first-order chi connectivity index (χ1) is 18.6. The van der Waals surface area contributed by atoms with Crippen molar-refractivity contribution in [2.75, 3.05) is 32.7 Å². The normalized spacial score (nSPS) is 16.6. The van der Waals surface area contributed by atoms with Crippen LogP contribution in [0.4, 0.5) is 5.82 Å². The van der Waals surface area contributed by atoms with Crippen LogP contribution in [-0.4, -0.2) is 64.2 Å². The molecule has 0 aliphatic heterocycles.